The molecule has 0 radical (unpaired) electrons. The number of phenolic OH excluding ortho intramolecular Hbond substituents is 1. The topological polar surface area (TPSA) is 154 Å². The van der Waals surface area contributed by atoms with Crippen LogP contribution in [0.2, 0.25) is 0 Å². The third-order valence-corrected chi connectivity index (χ3v) is 2.84. The van der Waals surface area contributed by atoms with Crippen molar-refractivity contribution < 1.29 is 20.1 Å². The molecule has 0 heterocycles. The highest BCUT2D eigenvalue weighted by molar-refractivity contribution is 5.67. The minimum atomic E-state index is -1.10. The van der Waals surface area contributed by atoms with Crippen LogP contribution in [0.3, 0.4) is 0 Å². The zero-order valence-corrected chi connectivity index (χ0v) is 11.7. The van der Waals surface area contributed by atoms with E-state index in [0.717, 1.165) is 11.6 Å². The Morgan fingerprint density at radius 1 is 1.00 bits per heavy atom. The Kier molecular flexibility index (Phi) is 4.16. The Bertz CT molecular complexity index is 833. The first-order valence-corrected chi connectivity index (χ1v) is 6.15. The van der Waals surface area contributed by atoms with Crippen LogP contribution in [0.1, 0.15) is 5.56 Å². The van der Waals surface area contributed by atoms with Crippen LogP contribution < -0.4 is 5.11 Å². The molecule has 1 N–H and O–H groups in total. The largest absolute Gasteiger partial charge is 0.866 e. The normalized spacial score (nSPS) is 10.8. The molecule has 0 bridgehead atoms. The van der Waals surface area contributed by atoms with Crippen molar-refractivity contribution in [1.29, 1.82) is 0 Å². The van der Waals surface area contributed by atoms with Gasteiger partial charge in [0.15, 0.2) is 0 Å². The second-order valence-corrected chi connectivity index (χ2v) is 4.52. The van der Waals surface area contributed by atoms with Gasteiger partial charge in [-0.05, 0) is 24.6 Å². The first-order chi connectivity index (χ1) is 10.8. The van der Waals surface area contributed by atoms with E-state index < -0.39 is 32.7 Å². The molecule has 0 aliphatic rings. The van der Waals surface area contributed by atoms with Gasteiger partial charge < -0.3 is 10.2 Å². The second-order valence-electron chi connectivity index (χ2n) is 4.52. The minimum absolute atomic E-state index is 0.0264. The third kappa shape index (κ3) is 3.37. The quantitative estimate of drug-likeness (QED) is 0.519. The summed E-state index contributed by atoms with van der Waals surface area (Å²) in [4.78, 5) is 19.7. The van der Waals surface area contributed by atoms with Crippen LogP contribution in [0.5, 0.6) is 11.5 Å². The van der Waals surface area contributed by atoms with E-state index in [1.165, 1.54) is 12.1 Å². The van der Waals surface area contributed by atoms with E-state index in [1.807, 2.05) is 0 Å². The van der Waals surface area contributed by atoms with E-state index in [0.29, 0.717) is 6.07 Å². The second kappa shape index (κ2) is 6.05. The van der Waals surface area contributed by atoms with Crippen molar-refractivity contribution in [2.75, 3.05) is 0 Å². The Morgan fingerprint density at radius 3 is 2.26 bits per heavy atom. The van der Waals surface area contributed by atoms with Crippen molar-refractivity contribution in [3.05, 3.63) is 56.1 Å². The van der Waals surface area contributed by atoms with Gasteiger partial charge in [0.05, 0.1) is 21.6 Å². The van der Waals surface area contributed by atoms with Crippen LogP contribution in [-0.2, 0) is 0 Å². The van der Waals surface area contributed by atoms with Crippen LogP contribution in [-0.4, -0.2) is 15.0 Å². The molecule has 0 unspecified atom stereocenters. The van der Waals surface area contributed by atoms with Crippen molar-refractivity contribution in [3.8, 4) is 11.5 Å². The van der Waals surface area contributed by atoms with Gasteiger partial charge in [0.1, 0.15) is 11.4 Å². The van der Waals surface area contributed by atoms with Crippen molar-refractivity contribution in [2.45, 2.75) is 6.92 Å². The average molecular weight is 317 g/mol. The maximum absolute atomic E-state index is 11.9. The summed E-state index contributed by atoms with van der Waals surface area (Å²) in [5.41, 5.74) is -1.41. The van der Waals surface area contributed by atoms with Crippen molar-refractivity contribution in [3.63, 3.8) is 0 Å². The fourth-order valence-corrected chi connectivity index (χ4v) is 1.72. The van der Waals surface area contributed by atoms with Crippen LogP contribution >= 0.6 is 0 Å². The van der Waals surface area contributed by atoms with Crippen LogP contribution in [0.4, 0.5) is 22.7 Å². The fourth-order valence-electron chi connectivity index (χ4n) is 1.72. The molecule has 0 fully saturated rings. The highest BCUT2D eigenvalue weighted by Gasteiger charge is 2.18. The van der Waals surface area contributed by atoms with E-state index in [1.54, 1.807) is 13.0 Å². The predicted molar refractivity (Wildman–Crippen MR) is 76.2 cm³/mol. The summed E-state index contributed by atoms with van der Waals surface area (Å²) in [7, 11) is 0. The van der Waals surface area contributed by atoms with Crippen LogP contribution in [0, 0.1) is 27.2 Å². The lowest BCUT2D eigenvalue weighted by Crippen LogP contribution is -2.00. The van der Waals surface area contributed by atoms with Crippen molar-refractivity contribution in [1.82, 2.24) is 0 Å². The average Bonchev–Trinajstić information content (AvgIpc) is 2.48. The highest BCUT2D eigenvalue weighted by Crippen LogP contribution is 2.39. The molecule has 0 amide bonds. The summed E-state index contributed by atoms with van der Waals surface area (Å²) in [6.07, 6.45) is 0. The van der Waals surface area contributed by atoms with Crippen molar-refractivity contribution in [2.24, 2.45) is 10.2 Å². The van der Waals surface area contributed by atoms with Gasteiger partial charge in [0, 0.05) is 11.8 Å². The third-order valence-electron chi connectivity index (χ3n) is 2.84. The molecule has 0 aliphatic heterocycles. The summed E-state index contributed by atoms with van der Waals surface area (Å²) in [5.74, 6) is -1.32. The molecule has 0 aromatic heterocycles. The Morgan fingerprint density at radius 2 is 1.65 bits per heavy atom. The lowest BCUT2D eigenvalue weighted by atomic mass is 10.2. The van der Waals surface area contributed by atoms with Gasteiger partial charge in [-0.3, -0.25) is 20.2 Å². The molecule has 0 spiro atoms. The van der Waals surface area contributed by atoms with Gasteiger partial charge in [-0.2, -0.15) is 5.11 Å². The molecule has 2 rings (SSSR count). The summed E-state index contributed by atoms with van der Waals surface area (Å²) >= 11 is 0. The number of aromatic hydroxyl groups is 1. The molecule has 2 aromatic rings. The highest BCUT2D eigenvalue weighted by atomic mass is 16.6. The minimum Gasteiger partial charge on any atom is -0.866 e. The lowest BCUT2D eigenvalue weighted by Gasteiger charge is -2.09. The summed E-state index contributed by atoms with van der Waals surface area (Å²) in [5, 5.41) is 50.2. The number of benzene rings is 2. The van der Waals surface area contributed by atoms with Crippen LogP contribution in [0.25, 0.3) is 0 Å². The van der Waals surface area contributed by atoms with Gasteiger partial charge in [-0.1, -0.05) is 6.07 Å². The first-order valence-electron chi connectivity index (χ1n) is 6.15. The zero-order chi connectivity index (χ0) is 17.1. The summed E-state index contributed by atoms with van der Waals surface area (Å²) < 4.78 is 0. The molecule has 10 heteroatoms. The number of phenols is 1. The van der Waals surface area contributed by atoms with E-state index in [9.17, 15) is 30.4 Å². The number of non-ortho nitro benzene ring substituents is 1. The zero-order valence-electron chi connectivity index (χ0n) is 11.7. The standard InChI is InChI=1S/C13H10N4O6/c1-7-2-3-12(18)9(4-7)14-15-10-5-8(16(20)21)6-11(13(10)19)17(22)23/h2-6,18-19H,1H3/p-1. The summed E-state index contributed by atoms with van der Waals surface area (Å²) in [6, 6.07) is 5.79. The fraction of sp³-hybridized carbons (Fsp3) is 0.0769. The van der Waals surface area contributed by atoms with E-state index >= 15 is 0 Å². The monoisotopic (exact) mass is 317 g/mol. The van der Waals surface area contributed by atoms with E-state index in [4.69, 9.17) is 0 Å². The molecule has 2 aromatic carbocycles. The molecule has 0 saturated carbocycles. The number of nitrogens with zero attached hydrogens (tertiary/aromatic N) is 4. The Labute approximate surface area is 128 Å². The van der Waals surface area contributed by atoms with Gasteiger partial charge in [-0.25, -0.2) is 0 Å². The van der Waals surface area contributed by atoms with Gasteiger partial charge in [0.2, 0.25) is 0 Å². The number of hydrogen-bond acceptors (Lipinski definition) is 8. The number of azo groups is 1. The number of nitro groups is 2. The van der Waals surface area contributed by atoms with Gasteiger partial charge >= 0.3 is 0 Å². The predicted octanol–water partition coefficient (Wildman–Crippen LogP) is 3.01. The molecule has 0 atom stereocenters. The SMILES string of the molecule is Cc1ccc(O)c(N=Nc2cc([N+](=O)[O-])cc([N+](=O)[O-])c2[O-])c1. The number of rotatable bonds is 4. The lowest BCUT2D eigenvalue weighted by molar-refractivity contribution is -0.403. The number of hydrogen-bond donors (Lipinski definition) is 1. The number of aryl methyl sites for hydroxylation is 1. The molecule has 0 saturated heterocycles. The van der Waals surface area contributed by atoms with Gasteiger partial charge in [-0.15, -0.1) is 5.11 Å². The molecular weight excluding hydrogens is 308 g/mol. The first kappa shape index (κ1) is 15.8. The van der Waals surface area contributed by atoms with Crippen LogP contribution in [0.15, 0.2) is 40.6 Å². The Balaban J connectivity index is 2.54. The smallest absolute Gasteiger partial charge is 0.278 e. The molecular formula is C13H9N4O6-. The molecule has 23 heavy (non-hydrogen) atoms. The molecule has 0 aliphatic carbocycles. The maximum atomic E-state index is 11.9. The van der Waals surface area contributed by atoms with Crippen molar-refractivity contribution >= 4 is 22.7 Å². The van der Waals surface area contributed by atoms with Gasteiger partial charge in [0.25, 0.3) is 11.4 Å². The van der Waals surface area contributed by atoms with E-state index in [2.05, 4.69) is 10.2 Å². The van der Waals surface area contributed by atoms with E-state index in [-0.39, 0.29) is 11.4 Å². The number of nitro benzene ring substituents is 2. The maximum Gasteiger partial charge on any atom is 0.278 e. The Hall–Kier alpha value is -3.56. The molecule has 10 nitrogen and oxygen atoms in total. The summed E-state index contributed by atoms with van der Waals surface area (Å²) in [6.45, 7) is 1.73. The molecule has 118 valence electrons.